The van der Waals surface area contributed by atoms with Gasteiger partial charge in [0.2, 0.25) is 0 Å². The lowest BCUT2D eigenvalue weighted by molar-refractivity contribution is -0.141. The third kappa shape index (κ3) is 6.14. The van der Waals surface area contributed by atoms with E-state index in [1.54, 1.807) is 58.0 Å². The van der Waals surface area contributed by atoms with Gasteiger partial charge in [0.25, 0.3) is 5.91 Å². The van der Waals surface area contributed by atoms with Gasteiger partial charge in [-0.15, -0.1) is 16.4 Å². The fourth-order valence-electron chi connectivity index (χ4n) is 4.82. The van der Waals surface area contributed by atoms with E-state index in [0.29, 0.717) is 18.7 Å². The Morgan fingerprint density at radius 1 is 1.23 bits per heavy atom. The summed E-state index contributed by atoms with van der Waals surface area (Å²) in [5, 5.41) is 21.6. The van der Waals surface area contributed by atoms with Crippen LogP contribution >= 0.6 is 11.3 Å². The molecule has 4 rings (SSSR count). The van der Waals surface area contributed by atoms with Crippen LogP contribution in [0.5, 0.6) is 0 Å². The lowest BCUT2D eigenvalue weighted by Gasteiger charge is -2.35. The second kappa shape index (κ2) is 10.7. The van der Waals surface area contributed by atoms with Gasteiger partial charge in [-0.3, -0.25) is 4.79 Å². The van der Waals surface area contributed by atoms with Crippen molar-refractivity contribution < 1.29 is 23.8 Å². The number of likely N-dealkylation sites (N-methyl/N-ethyl adjacent to an activating group) is 1. The molecule has 2 aromatic heterocycles. The highest BCUT2D eigenvalue weighted by Crippen LogP contribution is 2.35. The van der Waals surface area contributed by atoms with Gasteiger partial charge in [0, 0.05) is 37.5 Å². The van der Waals surface area contributed by atoms with E-state index in [9.17, 15) is 19.1 Å². The van der Waals surface area contributed by atoms with Crippen molar-refractivity contribution >= 4 is 23.3 Å². The molecule has 3 heterocycles. The molecule has 39 heavy (non-hydrogen) atoms. The molecule has 3 unspecified atom stereocenters. The zero-order chi connectivity index (χ0) is 28.6. The van der Waals surface area contributed by atoms with Crippen molar-refractivity contribution in [2.75, 3.05) is 20.1 Å². The Morgan fingerprint density at radius 3 is 2.54 bits per heavy atom. The summed E-state index contributed by atoms with van der Waals surface area (Å²) in [6.45, 7) is 9.30. The third-order valence-corrected chi connectivity index (χ3v) is 8.23. The first-order valence-corrected chi connectivity index (χ1v) is 13.8. The molecule has 3 aromatic rings. The zero-order valence-electron chi connectivity index (χ0n) is 23.2. The number of amides is 2. The van der Waals surface area contributed by atoms with Crippen molar-refractivity contribution in [1.29, 1.82) is 0 Å². The molecule has 1 N–H and O–H groups in total. The van der Waals surface area contributed by atoms with Gasteiger partial charge in [-0.2, -0.15) is 0 Å². The van der Waals surface area contributed by atoms with E-state index in [0.717, 1.165) is 10.4 Å². The van der Waals surface area contributed by atoms with Crippen LogP contribution < -0.4 is 0 Å². The SMILES string of the molecule is CC(c1ccc(F)cc1)N(C)C(=O)C1(n2cc(CC(C)(O)c3cccs3)nn2)CCN(C(=O)OC(C)(C)C)C1. The van der Waals surface area contributed by atoms with Crippen molar-refractivity contribution in [1.82, 2.24) is 24.8 Å². The molecule has 1 fully saturated rings. The number of nitrogens with zero attached hydrogens (tertiary/aromatic N) is 5. The summed E-state index contributed by atoms with van der Waals surface area (Å²) in [7, 11) is 1.69. The Morgan fingerprint density at radius 2 is 1.92 bits per heavy atom. The van der Waals surface area contributed by atoms with Gasteiger partial charge in [-0.05, 0) is 63.8 Å². The summed E-state index contributed by atoms with van der Waals surface area (Å²) in [6, 6.07) is 9.40. The predicted octanol–water partition coefficient (Wildman–Crippen LogP) is 4.48. The van der Waals surface area contributed by atoms with Crippen LogP contribution in [0.2, 0.25) is 0 Å². The molecule has 1 aliphatic rings. The van der Waals surface area contributed by atoms with Gasteiger partial charge in [-0.25, -0.2) is 13.9 Å². The molecule has 0 aliphatic carbocycles. The summed E-state index contributed by atoms with van der Waals surface area (Å²) in [6.07, 6.45) is 1.67. The Bertz CT molecular complexity index is 1300. The monoisotopic (exact) mass is 557 g/mol. The summed E-state index contributed by atoms with van der Waals surface area (Å²) < 4.78 is 20.6. The molecule has 11 heteroatoms. The summed E-state index contributed by atoms with van der Waals surface area (Å²) in [5.74, 6) is -0.611. The number of ether oxygens (including phenoxy) is 1. The number of benzene rings is 1. The van der Waals surface area contributed by atoms with Crippen LogP contribution in [0.15, 0.2) is 48.0 Å². The maximum atomic E-state index is 14.2. The van der Waals surface area contributed by atoms with Crippen molar-refractivity contribution in [2.45, 2.75) is 70.2 Å². The standard InChI is InChI=1S/C28H36FN5O4S/c1-19(20-9-11-21(29)12-10-20)32(6)24(35)28(13-14-33(18-28)25(36)38-26(2,3)4)34-17-22(30-31-34)16-27(5,37)23-8-7-15-39-23/h7-12,15,17,19,37H,13-14,16,18H2,1-6H3. The van der Waals surface area contributed by atoms with Crippen molar-refractivity contribution in [3.05, 3.63) is 69.9 Å². The molecule has 1 aliphatic heterocycles. The summed E-state index contributed by atoms with van der Waals surface area (Å²) >= 11 is 1.45. The number of carbonyl (C=O) groups excluding carboxylic acids is 2. The van der Waals surface area contributed by atoms with E-state index in [1.165, 1.54) is 33.1 Å². The van der Waals surface area contributed by atoms with Gasteiger partial charge in [-0.1, -0.05) is 23.4 Å². The van der Waals surface area contributed by atoms with E-state index in [1.807, 2.05) is 24.4 Å². The average Bonchev–Trinajstić information content (AvgIpc) is 3.63. The van der Waals surface area contributed by atoms with Crippen LogP contribution in [-0.2, 0) is 27.1 Å². The van der Waals surface area contributed by atoms with E-state index < -0.39 is 22.8 Å². The van der Waals surface area contributed by atoms with Crippen LogP contribution in [0.3, 0.4) is 0 Å². The number of aromatic nitrogens is 3. The fraction of sp³-hybridized carbons (Fsp3) is 0.500. The van der Waals surface area contributed by atoms with Crippen LogP contribution in [0.25, 0.3) is 0 Å². The summed E-state index contributed by atoms with van der Waals surface area (Å²) in [4.78, 5) is 31.1. The van der Waals surface area contributed by atoms with Gasteiger partial charge in [0.1, 0.15) is 17.0 Å². The van der Waals surface area contributed by atoms with E-state index in [2.05, 4.69) is 10.3 Å². The van der Waals surface area contributed by atoms with Crippen molar-refractivity contribution in [3.63, 3.8) is 0 Å². The highest BCUT2D eigenvalue weighted by atomic mass is 32.1. The quantitative estimate of drug-likeness (QED) is 0.460. The molecule has 210 valence electrons. The number of rotatable bonds is 7. The maximum Gasteiger partial charge on any atom is 0.410 e. The molecule has 0 radical (unpaired) electrons. The molecule has 0 bridgehead atoms. The van der Waals surface area contributed by atoms with E-state index in [4.69, 9.17) is 4.74 Å². The van der Waals surface area contributed by atoms with E-state index >= 15 is 0 Å². The minimum Gasteiger partial charge on any atom is -0.444 e. The van der Waals surface area contributed by atoms with Gasteiger partial charge in [0.15, 0.2) is 5.54 Å². The number of halogens is 1. The lowest BCUT2D eigenvalue weighted by atomic mass is 9.94. The van der Waals surface area contributed by atoms with Crippen LogP contribution in [0, 0.1) is 5.82 Å². The third-order valence-electron chi connectivity index (χ3n) is 7.11. The van der Waals surface area contributed by atoms with Crippen LogP contribution in [-0.4, -0.2) is 67.6 Å². The number of aliphatic hydroxyl groups is 1. The molecular formula is C28H36FN5O4S. The maximum absolute atomic E-state index is 14.2. The molecule has 3 atom stereocenters. The molecule has 1 saturated heterocycles. The number of likely N-dealkylation sites (tertiary alicyclic amines) is 1. The Balaban J connectivity index is 1.65. The summed E-state index contributed by atoms with van der Waals surface area (Å²) in [5.41, 5.74) is -1.78. The molecule has 0 spiro atoms. The van der Waals surface area contributed by atoms with Crippen LogP contribution in [0.4, 0.5) is 9.18 Å². The number of thiophene rings is 1. The first kappa shape index (κ1) is 28.7. The highest BCUT2D eigenvalue weighted by Gasteiger charge is 2.51. The van der Waals surface area contributed by atoms with Gasteiger partial charge in [0.05, 0.1) is 18.3 Å². The molecule has 1 aromatic carbocycles. The van der Waals surface area contributed by atoms with Crippen LogP contribution in [0.1, 0.15) is 63.2 Å². The van der Waals surface area contributed by atoms with Crippen molar-refractivity contribution in [3.8, 4) is 0 Å². The predicted molar refractivity (Wildman–Crippen MR) is 146 cm³/mol. The van der Waals surface area contributed by atoms with E-state index in [-0.39, 0.29) is 30.7 Å². The van der Waals surface area contributed by atoms with Crippen molar-refractivity contribution in [2.24, 2.45) is 0 Å². The Hall–Kier alpha value is -3.31. The minimum atomic E-state index is -1.24. The smallest absolute Gasteiger partial charge is 0.410 e. The second-order valence-corrected chi connectivity index (χ2v) is 12.4. The van der Waals surface area contributed by atoms with Gasteiger partial charge >= 0.3 is 6.09 Å². The fourth-order valence-corrected chi connectivity index (χ4v) is 5.61. The normalized spacial score (nSPS) is 19.9. The first-order valence-electron chi connectivity index (χ1n) is 12.9. The number of carbonyl (C=O) groups is 2. The minimum absolute atomic E-state index is 0.0470. The Kier molecular flexibility index (Phi) is 7.86. The first-order chi connectivity index (χ1) is 18.2. The number of hydrogen-bond donors (Lipinski definition) is 1. The molecule has 2 amide bonds. The Labute approximate surface area is 232 Å². The highest BCUT2D eigenvalue weighted by molar-refractivity contribution is 7.10. The topological polar surface area (TPSA) is 101 Å². The molecule has 0 saturated carbocycles. The zero-order valence-corrected chi connectivity index (χ0v) is 24.0. The second-order valence-electron chi connectivity index (χ2n) is 11.4. The molecule has 9 nitrogen and oxygen atoms in total. The number of hydrogen-bond acceptors (Lipinski definition) is 7. The lowest BCUT2D eigenvalue weighted by Crippen LogP contribution is -2.52. The average molecular weight is 558 g/mol. The molecular weight excluding hydrogens is 521 g/mol. The van der Waals surface area contributed by atoms with Gasteiger partial charge < -0.3 is 19.6 Å². The largest absolute Gasteiger partial charge is 0.444 e.